The fourth-order valence-corrected chi connectivity index (χ4v) is 3.19. The minimum Gasteiger partial charge on any atom is -0.480 e. The molecule has 3 heterocycles. The zero-order valence-electron chi connectivity index (χ0n) is 11.0. The van der Waals surface area contributed by atoms with Gasteiger partial charge in [-0.05, 0) is 44.7 Å². The van der Waals surface area contributed by atoms with Crippen molar-refractivity contribution in [3.05, 3.63) is 11.6 Å². The normalized spacial score (nSPS) is 24.1. The number of carboxylic acids is 1. The van der Waals surface area contributed by atoms with Gasteiger partial charge >= 0.3 is 5.97 Å². The molecule has 0 radical (unpaired) electrons. The molecule has 0 bridgehead atoms. The molecule has 2 N–H and O–H groups in total. The quantitative estimate of drug-likeness (QED) is 0.843. The number of carboxylic acid groups (broad SMARTS) is 1. The van der Waals surface area contributed by atoms with Crippen molar-refractivity contribution < 1.29 is 9.90 Å². The van der Waals surface area contributed by atoms with Crippen LogP contribution in [0.25, 0.3) is 0 Å². The van der Waals surface area contributed by atoms with Gasteiger partial charge in [0.25, 0.3) is 0 Å². The van der Waals surface area contributed by atoms with Gasteiger partial charge in [-0.1, -0.05) is 0 Å². The molecule has 2 aliphatic rings. The second-order valence-corrected chi connectivity index (χ2v) is 5.55. The van der Waals surface area contributed by atoms with Crippen LogP contribution in [0.15, 0.2) is 0 Å². The molecule has 6 nitrogen and oxygen atoms in total. The van der Waals surface area contributed by atoms with Crippen LogP contribution in [0.5, 0.6) is 0 Å². The van der Waals surface area contributed by atoms with Gasteiger partial charge in [0.2, 0.25) is 0 Å². The number of aliphatic carboxylic acids is 1. The fourth-order valence-electron chi connectivity index (χ4n) is 3.19. The van der Waals surface area contributed by atoms with E-state index in [0.717, 1.165) is 56.8 Å². The Morgan fingerprint density at radius 3 is 2.84 bits per heavy atom. The lowest BCUT2D eigenvalue weighted by atomic mass is 9.94. The number of rotatable bonds is 3. The maximum atomic E-state index is 11.4. The third-order valence-corrected chi connectivity index (χ3v) is 4.24. The first kappa shape index (κ1) is 12.6. The van der Waals surface area contributed by atoms with Gasteiger partial charge in [-0.25, -0.2) is 4.79 Å². The highest BCUT2D eigenvalue weighted by Gasteiger charge is 2.30. The van der Waals surface area contributed by atoms with Gasteiger partial charge < -0.3 is 15.0 Å². The number of aryl methyl sites for hydroxylation is 1. The second-order valence-electron chi connectivity index (χ2n) is 5.55. The summed E-state index contributed by atoms with van der Waals surface area (Å²) in [5, 5.41) is 21.1. The van der Waals surface area contributed by atoms with E-state index in [4.69, 9.17) is 0 Å². The molecule has 1 fully saturated rings. The third-order valence-electron chi connectivity index (χ3n) is 4.24. The average molecular weight is 264 g/mol. The van der Waals surface area contributed by atoms with Crippen LogP contribution in [0, 0.1) is 5.92 Å². The van der Waals surface area contributed by atoms with E-state index in [9.17, 15) is 9.90 Å². The number of carbonyl (C=O) groups is 1. The highest BCUT2D eigenvalue weighted by atomic mass is 16.4. The zero-order valence-corrected chi connectivity index (χ0v) is 11.0. The van der Waals surface area contributed by atoms with E-state index >= 15 is 0 Å². The van der Waals surface area contributed by atoms with Crippen molar-refractivity contribution in [1.82, 2.24) is 20.1 Å². The van der Waals surface area contributed by atoms with Crippen molar-refractivity contribution in [2.75, 3.05) is 13.1 Å². The van der Waals surface area contributed by atoms with Crippen LogP contribution in [-0.2, 0) is 17.6 Å². The standard InChI is InChI=1S/C13H20N4O2/c18-13(19)10-2-1-3-11-15-16-12(17(10)11)8-9-4-6-14-7-5-9/h9-10,14H,1-8H2,(H,18,19). The van der Waals surface area contributed by atoms with E-state index in [1.807, 2.05) is 4.57 Å². The minimum atomic E-state index is -0.757. The summed E-state index contributed by atoms with van der Waals surface area (Å²) in [6, 6.07) is -0.463. The van der Waals surface area contributed by atoms with E-state index in [1.165, 1.54) is 0 Å². The van der Waals surface area contributed by atoms with E-state index in [-0.39, 0.29) is 0 Å². The van der Waals surface area contributed by atoms with E-state index < -0.39 is 12.0 Å². The molecule has 0 saturated carbocycles. The molecule has 0 aromatic carbocycles. The van der Waals surface area contributed by atoms with Gasteiger partial charge in [-0.15, -0.1) is 10.2 Å². The zero-order chi connectivity index (χ0) is 13.2. The molecule has 6 heteroatoms. The molecular formula is C13H20N4O2. The summed E-state index contributed by atoms with van der Waals surface area (Å²) >= 11 is 0. The number of nitrogens with one attached hydrogen (secondary N) is 1. The summed E-state index contributed by atoms with van der Waals surface area (Å²) in [7, 11) is 0. The number of fused-ring (bicyclic) bond motifs is 1. The summed E-state index contributed by atoms with van der Waals surface area (Å²) in [6.07, 6.45) is 5.57. The summed E-state index contributed by atoms with van der Waals surface area (Å²) in [5.74, 6) is 1.56. The maximum Gasteiger partial charge on any atom is 0.326 e. The minimum absolute atomic E-state index is 0.463. The van der Waals surface area contributed by atoms with Gasteiger partial charge in [-0.3, -0.25) is 0 Å². The Kier molecular flexibility index (Phi) is 3.50. The van der Waals surface area contributed by atoms with Crippen molar-refractivity contribution in [1.29, 1.82) is 0 Å². The van der Waals surface area contributed by atoms with Crippen LogP contribution in [0.1, 0.15) is 43.4 Å². The first-order valence-electron chi connectivity index (χ1n) is 7.12. The van der Waals surface area contributed by atoms with E-state index in [2.05, 4.69) is 15.5 Å². The lowest BCUT2D eigenvalue weighted by molar-refractivity contribution is -0.141. The van der Waals surface area contributed by atoms with Crippen LogP contribution < -0.4 is 5.32 Å². The van der Waals surface area contributed by atoms with Crippen LogP contribution in [0.3, 0.4) is 0 Å². The molecule has 0 amide bonds. The van der Waals surface area contributed by atoms with E-state index in [0.29, 0.717) is 12.3 Å². The molecule has 1 atom stereocenters. The molecule has 0 spiro atoms. The van der Waals surface area contributed by atoms with Gasteiger partial charge in [0.15, 0.2) is 0 Å². The summed E-state index contributed by atoms with van der Waals surface area (Å²) < 4.78 is 1.88. The van der Waals surface area contributed by atoms with Crippen LogP contribution in [0.4, 0.5) is 0 Å². The van der Waals surface area contributed by atoms with Crippen LogP contribution >= 0.6 is 0 Å². The highest BCUT2D eigenvalue weighted by Crippen LogP contribution is 2.27. The molecule has 2 aliphatic heterocycles. The molecule has 1 aromatic rings. The predicted molar refractivity (Wildman–Crippen MR) is 68.9 cm³/mol. The molecule has 19 heavy (non-hydrogen) atoms. The maximum absolute atomic E-state index is 11.4. The topological polar surface area (TPSA) is 80.0 Å². The van der Waals surface area contributed by atoms with E-state index in [1.54, 1.807) is 0 Å². The summed E-state index contributed by atoms with van der Waals surface area (Å²) in [6.45, 7) is 2.10. The van der Waals surface area contributed by atoms with Crippen molar-refractivity contribution in [3.8, 4) is 0 Å². The Labute approximate surface area is 112 Å². The Morgan fingerprint density at radius 2 is 2.11 bits per heavy atom. The summed E-state index contributed by atoms with van der Waals surface area (Å²) in [4.78, 5) is 11.4. The fraction of sp³-hybridized carbons (Fsp3) is 0.769. The van der Waals surface area contributed by atoms with Gasteiger partial charge in [-0.2, -0.15) is 0 Å². The lowest BCUT2D eigenvalue weighted by Gasteiger charge is -2.25. The smallest absolute Gasteiger partial charge is 0.326 e. The van der Waals surface area contributed by atoms with Crippen molar-refractivity contribution in [2.45, 2.75) is 44.6 Å². The average Bonchev–Trinajstić information content (AvgIpc) is 2.83. The molecular weight excluding hydrogens is 244 g/mol. The highest BCUT2D eigenvalue weighted by molar-refractivity contribution is 5.72. The molecule has 1 saturated heterocycles. The monoisotopic (exact) mass is 264 g/mol. The lowest BCUT2D eigenvalue weighted by Crippen LogP contribution is -2.31. The summed E-state index contributed by atoms with van der Waals surface area (Å²) in [5.41, 5.74) is 0. The number of piperidine rings is 1. The Balaban J connectivity index is 1.82. The predicted octanol–water partition coefficient (Wildman–Crippen LogP) is 0.782. The first-order chi connectivity index (χ1) is 9.25. The van der Waals surface area contributed by atoms with Gasteiger partial charge in [0, 0.05) is 12.8 Å². The van der Waals surface area contributed by atoms with Crippen LogP contribution in [0.2, 0.25) is 0 Å². The Hall–Kier alpha value is -1.43. The largest absolute Gasteiger partial charge is 0.480 e. The Morgan fingerprint density at radius 1 is 1.32 bits per heavy atom. The Bertz CT molecular complexity index is 465. The van der Waals surface area contributed by atoms with Gasteiger partial charge in [0.05, 0.1) is 0 Å². The molecule has 3 rings (SSSR count). The molecule has 1 aromatic heterocycles. The third kappa shape index (κ3) is 2.49. The van der Waals surface area contributed by atoms with Crippen LogP contribution in [-0.4, -0.2) is 38.9 Å². The molecule has 0 aliphatic carbocycles. The first-order valence-corrected chi connectivity index (χ1v) is 7.12. The van der Waals surface area contributed by atoms with Crippen molar-refractivity contribution in [3.63, 3.8) is 0 Å². The second kappa shape index (κ2) is 5.28. The van der Waals surface area contributed by atoms with Gasteiger partial charge in [0.1, 0.15) is 17.7 Å². The number of aromatic nitrogens is 3. The van der Waals surface area contributed by atoms with Crippen molar-refractivity contribution in [2.24, 2.45) is 5.92 Å². The molecule has 104 valence electrons. The SMILES string of the molecule is O=C(O)C1CCCc2nnc(CC3CCNCC3)n21. The number of nitrogens with zero attached hydrogens (tertiary/aromatic N) is 3. The number of hydrogen-bond donors (Lipinski definition) is 2. The van der Waals surface area contributed by atoms with Crippen molar-refractivity contribution >= 4 is 5.97 Å². The number of hydrogen-bond acceptors (Lipinski definition) is 4. The molecule has 1 unspecified atom stereocenters.